The fourth-order valence-corrected chi connectivity index (χ4v) is 2.06. The van der Waals surface area contributed by atoms with E-state index in [1.807, 2.05) is 39.6 Å². The molecule has 1 fully saturated rings. The van der Waals surface area contributed by atoms with Gasteiger partial charge in [0.2, 0.25) is 0 Å². The molecule has 0 aliphatic carbocycles. The van der Waals surface area contributed by atoms with Crippen molar-refractivity contribution in [2.45, 2.75) is 59.0 Å². The molecule has 0 bridgehead atoms. The quantitative estimate of drug-likeness (QED) is 0.710. The number of ether oxygens (including phenoxy) is 2. The monoisotopic (exact) mass is 242 g/mol. The van der Waals surface area contributed by atoms with E-state index in [-0.39, 0.29) is 12.4 Å². The number of rotatable bonds is 4. The lowest BCUT2D eigenvalue weighted by Gasteiger charge is -2.38. The van der Waals surface area contributed by atoms with Gasteiger partial charge in [-0.05, 0) is 33.7 Å². The van der Waals surface area contributed by atoms with Crippen molar-refractivity contribution >= 4 is 0 Å². The van der Waals surface area contributed by atoms with Crippen LogP contribution in [0, 0.1) is 11.3 Å². The molecule has 0 aromatic rings. The Hall–Kier alpha value is -0.630. The molecule has 1 saturated heterocycles. The van der Waals surface area contributed by atoms with Crippen LogP contribution < -0.4 is 0 Å². The van der Waals surface area contributed by atoms with Gasteiger partial charge in [-0.3, -0.25) is 4.90 Å². The molecular formula is C13H26N2O2. The van der Waals surface area contributed by atoms with Gasteiger partial charge >= 0.3 is 0 Å². The molecule has 0 spiro atoms. The lowest BCUT2D eigenvalue weighted by molar-refractivity contribution is -0.204. The zero-order chi connectivity index (χ0) is 13.3. The second kappa shape index (κ2) is 9.41. The highest BCUT2D eigenvalue weighted by Gasteiger charge is 2.30. The molecule has 3 atom stereocenters. The third-order valence-corrected chi connectivity index (χ3v) is 2.85. The van der Waals surface area contributed by atoms with Crippen LogP contribution in [0.2, 0.25) is 0 Å². The summed E-state index contributed by atoms with van der Waals surface area (Å²) < 4.78 is 11.2. The van der Waals surface area contributed by atoms with Crippen LogP contribution in [-0.2, 0) is 9.47 Å². The van der Waals surface area contributed by atoms with Crippen molar-refractivity contribution in [2.75, 3.05) is 20.2 Å². The smallest absolute Gasteiger partial charge is 0.158 e. The van der Waals surface area contributed by atoms with Crippen molar-refractivity contribution in [3.8, 4) is 6.07 Å². The summed E-state index contributed by atoms with van der Waals surface area (Å²) in [4.78, 5) is 2.05. The van der Waals surface area contributed by atoms with Crippen molar-refractivity contribution in [1.82, 2.24) is 4.90 Å². The van der Waals surface area contributed by atoms with Crippen LogP contribution in [0.5, 0.6) is 0 Å². The molecule has 1 heterocycles. The summed E-state index contributed by atoms with van der Waals surface area (Å²) in [7, 11) is 1.97. The molecule has 100 valence electrons. The molecule has 4 heteroatoms. The highest BCUT2D eigenvalue weighted by molar-refractivity contribution is 4.85. The summed E-state index contributed by atoms with van der Waals surface area (Å²) in [5.41, 5.74) is 0. The largest absolute Gasteiger partial charge is 0.353 e. The predicted octanol–water partition coefficient (Wildman–Crippen LogP) is 2.40. The molecule has 0 aromatic carbocycles. The number of hydrogen-bond acceptors (Lipinski definition) is 4. The first-order chi connectivity index (χ1) is 8.19. The van der Waals surface area contributed by atoms with Gasteiger partial charge in [0.05, 0.1) is 18.7 Å². The van der Waals surface area contributed by atoms with Crippen LogP contribution >= 0.6 is 0 Å². The van der Waals surface area contributed by atoms with E-state index in [1.165, 1.54) is 0 Å². The fourth-order valence-electron chi connectivity index (χ4n) is 2.06. The van der Waals surface area contributed by atoms with E-state index >= 15 is 0 Å². The molecule has 0 N–H and O–H groups in total. The van der Waals surface area contributed by atoms with Crippen LogP contribution in [-0.4, -0.2) is 43.5 Å². The minimum atomic E-state index is -0.0586. The summed E-state index contributed by atoms with van der Waals surface area (Å²) in [6.45, 7) is 9.17. The standard InChI is InChI=1S/C11H20N2O2.C2H6/c1-4-14-11-6-5-10(9(2)15-11)13(3)8-7-12;1-2/h9-11H,4-6,8H2,1-3H3;1-2H3. The maximum Gasteiger partial charge on any atom is 0.158 e. The highest BCUT2D eigenvalue weighted by atomic mass is 16.7. The summed E-state index contributed by atoms with van der Waals surface area (Å²) in [5, 5.41) is 8.63. The van der Waals surface area contributed by atoms with Crippen molar-refractivity contribution in [3.63, 3.8) is 0 Å². The number of nitrogens with zero attached hydrogens (tertiary/aromatic N) is 2. The van der Waals surface area contributed by atoms with Crippen molar-refractivity contribution in [3.05, 3.63) is 0 Å². The van der Waals surface area contributed by atoms with Gasteiger partial charge in [-0.25, -0.2) is 0 Å². The molecule has 0 amide bonds. The summed E-state index contributed by atoms with van der Waals surface area (Å²) >= 11 is 0. The van der Waals surface area contributed by atoms with Crippen molar-refractivity contribution < 1.29 is 9.47 Å². The Bertz CT molecular complexity index is 228. The van der Waals surface area contributed by atoms with Gasteiger partial charge in [-0.15, -0.1) is 0 Å². The second-order valence-corrected chi connectivity index (χ2v) is 3.94. The van der Waals surface area contributed by atoms with Gasteiger partial charge in [0.1, 0.15) is 0 Å². The molecule has 0 aromatic heterocycles. The van der Waals surface area contributed by atoms with Gasteiger partial charge in [0.25, 0.3) is 0 Å². The van der Waals surface area contributed by atoms with Crippen molar-refractivity contribution in [1.29, 1.82) is 5.26 Å². The zero-order valence-electron chi connectivity index (χ0n) is 11.8. The maximum atomic E-state index is 8.63. The van der Waals surface area contributed by atoms with E-state index in [1.54, 1.807) is 0 Å². The van der Waals surface area contributed by atoms with Gasteiger partial charge in [-0.2, -0.15) is 5.26 Å². The Labute approximate surface area is 105 Å². The summed E-state index contributed by atoms with van der Waals surface area (Å²) in [6, 6.07) is 2.50. The molecule has 17 heavy (non-hydrogen) atoms. The molecule has 3 unspecified atom stereocenters. The average Bonchev–Trinajstić information content (AvgIpc) is 2.32. The summed E-state index contributed by atoms with van der Waals surface area (Å²) in [5.74, 6) is 0. The van der Waals surface area contributed by atoms with Gasteiger partial charge in [-0.1, -0.05) is 13.8 Å². The Kier molecular flexibility index (Phi) is 9.06. The SMILES string of the molecule is CC.CCOC1CCC(N(C)CC#N)C(C)O1. The van der Waals surface area contributed by atoms with E-state index in [9.17, 15) is 0 Å². The number of hydrogen-bond donors (Lipinski definition) is 0. The first-order valence-corrected chi connectivity index (χ1v) is 6.53. The average molecular weight is 242 g/mol. The number of likely N-dealkylation sites (N-methyl/N-ethyl adjacent to an activating group) is 1. The van der Waals surface area contributed by atoms with Gasteiger partial charge < -0.3 is 9.47 Å². The van der Waals surface area contributed by atoms with E-state index in [0.29, 0.717) is 19.2 Å². The third-order valence-electron chi connectivity index (χ3n) is 2.85. The molecule has 1 rings (SSSR count). The Balaban J connectivity index is 0.00000121. The van der Waals surface area contributed by atoms with Crippen LogP contribution in [0.25, 0.3) is 0 Å². The molecule has 1 aliphatic heterocycles. The molecular weight excluding hydrogens is 216 g/mol. The molecule has 0 radical (unpaired) electrons. The Morgan fingerprint density at radius 3 is 2.53 bits per heavy atom. The van der Waals surface area contributed by atoms with Crippen LogP contribution in [0.1, 0.15) is 40.5 Å². The Morgan fingerprint density at radius 1 is 1.41 bits per heavy atom. The first kappa shape index (κ1) is 16.4. The first-order valence-electron chi connectivity index (χ1n) is 6.53. The molecule has 1 aliphatic rings. The third kappa shape index (κ3) is 5.49. The van der Waals surface area contributed by atoms with E-state index in [2.05, 4.69) is 6.07 Å². The van der Waals surface area contributed by atoms with Crippen molar-refractivity contribution in [2.24, 2.45) is 0 Å². The predicted molar refractivity (Wildman–Crippen MR) is 68.6 cm³/mol. The molecule has 4 nitrogen and oxygen atoms in total. The fraction of sp³-hybridized carbons (Fsp3) is 0.923. The van der Waals surface area contributed by atoms with E-state index < -0.39 is 0 Å². The maximum absolute atomic E-state index is 8.63. The van der Waals surface area contributed by atoms with E-state index in [4.69, 9.17) is 14.7 Å². The minimum absolute atomic E-state index is 0.0586. The number of nitriles is 1. The normalized spacial score (nSPS) is 28.2. The van der Waals surface area contributed by atoms with E-state index in [0.717, 1.165) is 12.8 Å². The highest BCUT2D eigenvalue weighted by Crippen LogP contribution is 2.23. The minimum Gasteiger partial charge on any atom is -0.353 e. The topological polar surface area (TPSA) is 45.5 Å². The van der Waals surface area contributed by atoms with Gasteiger partial charge in [0.15, 0.2) is 6.29 Å². The lowest BCUT2D eigenvalue weighted by atomic mass is 10.0. The zero-order valence-corrected chi connectivity index (χ0v) is 11.8. The van der Waals surface area contributed by atoms with Gasteiger partial charge in [0, 0.05) is 12.6 Å². The van der Waals surface area contributed by atoms with Crippen LogP contribution in [0.3, 0.4) is 0 Å². The second-order valence-electron chi connectivity index (χ2n) is 3.94. The van der Waals surface area contributed by atoms with Crippen LogP contribution in [0.15, 0.2) is 0 Å². The molecule has 0 saturated carbocycles. The Morgan fingerprint density at radius 2 is 2.06 bits per heavy atom. The van der Waals surface area contributed by atoms with Crippen LogP contribution in [0.4, 0.5) is 0 Å². The summed E-state index contributed by atoms with van der Waals surface area (Å²) in [6.07, 6.45) is 2.02. The lowest BCUT2D eigenvalue weighted by Crippen LogP contribution is -2.47.